The molecule has 2 rings (SSSR count). The van der Waals surface area contributed by atoms with Gasteiger partial charge in [0.25, 0.3) is 0 Å². The summed E-state index contributed by atoms with van der Waals surface area (Å²) in [4.78, 5) is 0. The molecular formula is C10H16. The van der Waals surface area contributed by atoms with E-state index in [-0.39, 0.29) is 0 Å². The molecule has 0 aliphatic heterocycles. The summed E-state index contributed by atoms with van der Waals surface area (Å²) in [6.45, 7) is 0. The van der Waals surface area contributed by atoms with Crippen LogP contribution in [0.4, 0.5) is 0 Å². The largest absolute Gasteiger partial charge is 0.0882 e. The highest BCUT2D eigenvalue weighted by atomic mass is 14.3. The zero-order valence-electron chi connectivity index (χ0n) is 6.55. The molecule has 0 nitrogen and oxygen atoms in total. The minimum Gasteiger partial charge on any atom is -0.0882 e. The number of hydrogen-bond donors (Lipinski definition) is 0. The highest BCUT2D eigenvalue weighted by molar-refractivity contribution is 4.98. The fourth-order valence-electron chi connectivity index (χ4n) is 2.15. The number of fused-ring (bicyclic) bond motifs is 1. The number of hydrogen-bond acceptors (Lipinski definition) is 0. The van der Waals surface area contributed by atoms with Crippen LogP contribution in [0.2, 0.25) is 0 Å². The Labute approximate surface area is 63.3 Å². The molecule has 0 aromatic carbocycles. The molecule has 1 saturated carbocycles. The Bertz CT molecular complexity index is 135. The lowest BCUT2D eigenvalue weighted by atomic mass is 9.70. The SMILES string of the molecule is C1=CC2CCC2CCCC1. The van der Waals surface area contributed by atoms with Gasteiger partial charge in [-0.05, 0) is 43.9 Å². The first-order chi connectivity index (χ1) is 4.97. The van der Waals surface area contributed by atoms with Gasteiger partial charge < -0.3 is 0 Å². The molecule has 0 saturated heterocycles. The Morgan fingerprint density at radius 2 is 2.00 bits per heavy atom. The normalized spacial score (nSPS) is 39.2. The molecule has 0 heterocycles. The van der Waals surface area contributed by atoms with Gasteiger partial charge in [0.1, 0.15) is 0 Å². The lowest BCUT2D eigenvalue weighted by Crippen LogP contribution is -2.24. The van der Waals surface area contributed by atoms with Gasteiger partial charge in [-0.1, -0.05) is 18.6 Å². The van der Waals surface area contributed by atoms with Crippen molar-refractivity contribution < 1.29 is 0 Å². The topological polar surface area (TPSA) is 0 Å². The van der Waals surface area contributed by atoms with Crippen LogP contribution < -0.4 is 0 Å². The number of rotatable bonds is 0. The van der Waals surface area contributed by atoms with Crippen molar-refractivity contribution in [1.29, 1.82) is 0 Å². The summed E-state index contributed by atoms with van der Waals surface area (Å²) in [6.07, 6.45) is 13.6. The average Bonchev–Trinajstić information content (AvgIpc) is 1.89. The third kappa shape index (κ3) is 1.12. The van der Waals surface area contributed by atoms with Crippen molar-refractivity contribution in [3.05, 3.63) is 12.2 Å². The quantitative estimate of drug-likeness (QED) is 0.449. The first kappa shape index (κ1) is 6.45. The van der Waals surface area contributed by atoms with E-state index in [0.717, 1.165) is 11.8 Å². The van der Waals surface area contributed by atoms with E-state index in [9.17, 15) is 0 Å². The second kappa shape index (κ2) is 2.77. The molecule has 2 aliphatic carbocycles. The summed E-state index contributed by atoms with van der Waals surface area (Å²) < 4.78 is 0. The third-order valence-electron chi connectivity index (χ3n) is 3.06. The highest BCUT2D eigenvalue weighted by Gasteiger charge is 2.28. The Morgan fingerprint density at radius 1 is 1.00 bits per heavy atom. The van der Waals surface area contributed by atoms with Crippen LogP contribution in [-0.4, -0.2) is 0 Å². The van der Waals surface area contributed by atoms with Gasteiger partial charge in [-0.15, -0.1) is 0 Å². The van der Waals surface area contributed by atoms with E-state index >= 15 is 0 Å². The van der Waals surface area contributed by atoms with E-state index in [1.165, 1.54) is 38.5 Å². The van der Waals surface area contributed by atoms with Gasteiger partial charge in [-0.3, -0.25) is 0 Å². The number of allylic oxidation sites excluding steroid dienone is 2. The van der Waals surface area contributed by atoms with Crippen molar-refractivity contribution in [3.8, 4) is 0 Å². The van der Waals surface area contributed by atoms with Gasteiger partial charge >= 0.3 is 0 Å². The molecule has 0 bridgehead atoms. The first-order valence-corrected chi connectivity index (χ1v) is 4.63. The van der Waals surface area contributed by atoms with Crippen molar-refractivity contribution in [2.24, 2.45) is 11.8 Å². The summed E-state index contributed by atoms with van der Waals surface area (Å²) in [5.74, 6) is 2.07. The average molecular weight is 136 g/mol. The minimum absolute atomic E-state index is 0.986. The fraction of sp³-hybridized carbons (Fsp3) is 0.800. The van der Waals surface area contributed by atoms with Gasteiger partial charge in [0.05, 0.1) is 0 Å². The van der Waals surface area contributed by atoms with E-state index in [4.69, 9.17) is 0 Å². The zero-order chi connectivity index (χ0) is 6.81. The Morgan fingerprint density at radius 3 is 2.80 bits per heavy atom. The minimum atomic E-state index is 0.986. The van der Waals surface area contributed by atoms with Crippen LogP contribution in [-0.2, 0) is 0 Å². The van der Waals surface area contributed by atoms with Crippen LogP contribution in [0.1, 0.15) is 38.5 Å². The molecule has 0 radical (unpaired) electrons. The zero-order valence-corrected chi connectivity index (χ0v) is 6.55. The molecule has 0 heteroatoms. The summed E-state index contributed by atoms with van der Waals surface area (Å²) in [5, 5.41) is 0. The molecule has 0 spiro atoms. The van der Waals surface area contributed by atoms with Gasteiger partial charge in [-0.2, -0.15) is 0 Å². The predicted molar refractivity (Wildman–Crippen MR) is 43.8 cm³/mol. The van der Waals surface area contributed by atoms with Crippen LogP contribution in [0, 0.1) is 11.8 Å². The Kier molecular flexibility index (Phi) is 1.79. The lowest BCUT2D eigenvalue weighted by molar-refractivity contribution is 0.203. The molecule has 2 unspecified atom stereocenters. The van der Waals surface area contributed by atoms with Crippen LogP contribution in [0.5, 0.6) is 0 Å². The molecule has 0 aromatic rings. The Balaban J connectivity index is 1.96. The predicted octanol–water partition coefficient (Wildman–Crippen LogP) is 3.14. The fourth-order valence-corrected chi connectivity index (χ4v) is 2.15. The highest BCUT2D eigenvalue weighted by Crippen LogP contribution is 2.39. The summed E-state index contributed by atoms with van der Waals surface area (Å²) in [7, 11) is 0. The second-order valence-corrected chi connectivity index (χ2v) is 3.71. The standard InChI is InChI=1S/C10H16/c1-2-4-6-10-8-7-9(10)5-3-1/h3,5,9-10H,1-2,4,6-8H2. The Hall–Kier alpha value is -0.260. The maximum Gasteiger partial charge on any atom is -0.0205 e. The van der Waals surface area contributed by atoms with Gasteiger partial charge in [0.15, 0.2) is 0 Å². The van der Waals surface area contributed by atoms with Crippen molar-refractivity contribution >= 4 is 0 Å². The van der Waals surface area contributed by atoms with E-state index < -0.39 is 0 Å². The maximum absolute atomic E-state index is 2.47. The molecule has 56 valence electrons. The van der Waals surface area contributed by atoms with Crippen molar-refractivity contribution in [2.45, 2.75) is 38.5 Å². The van der Waals surface area contributed by atoms with E-state index in [0.29, 0.717) is 0 Å². The van der Waals surface area contributed by atoms with Crippen molar-refractivity contribution in [1.82, 2.24) is 0 Å². The van der Waals surface area contributed by atoms with Crippen LogP contribution >= 0.6 is 0 Å². The van der Waals surface area contributed by atoms with Gasteiger partial charge in [0.2, 0.25) is 0 Å². The maximum atomic E-state index is 2.47. The van der Waals surface area contributed by atoms with E-state index in [1.54, 1.807) is 0 Å². The van der Waals surface area contributed by atoms with E-state index in [2.05, 4.69) is 12.2 Å². The summed E-state index contributed by atoms with van der Waals surface area (Å²) >= 11 is 0. The molecule has 0 N–H and O–H groups in total. The van der Waals surface area contributed by atoms with Crippen molar-refractivity contribution in [2.75, 3.05) is 0 Å². The molecule has 2 aliphatic rings. The van der Waals surface area contributed by atoms with Crippen LogP contribution in [0.25, 0.3) is 0 Å². The second-order valence-electron chi connectivity index (χ2n) is 3.71. The molecular weight excluding hydrogens is 120 g/mol. The van der Waals surface area contributed by atoms with Gasteiger partial charge in [-0.25, -0.2) is 0 Å². The molecule has 10 heavy (non-hydrogen) atoms. The smallest absolute Gasteiger partial charge is 0.0205 e. The van der Waals surface area contributed by atoms with Crippen molar-refractivity contribution in [3.63, 3.8) is 0 Å². The summed E-state index contributed by atoms with van der Waals surface area (Å²) in [6, 6.07) is 0. The van der Waals surface area contributed by atoms with E-state index in [1.807, 2.05) is 0 Å². The molecule has 0 amide bonds. The molecule has 2 atom stereocenters. The first-order valence-electron chi connectivity index (χ1n) is 4.63. The van der Waals surface area contributed by atoms with Crippen LogP contribution in [0.3, 0.4) is 0 Å². The third-order valence-corrected chi connectivity index (χ3v) is 3.06. The molecule has 1 fully saturated rings. The van der Waals surface area contributed by atoms with Crippen LogP contribution in [0.15, 0.2) is 12.2 Å². The van der Waals surface area contributed by atoms with Gasteiger partial charge in [0, 0.05) is 0 Å². The summed E-state index contributed by atoms with van der Waals surface area (Å²) in [5.41, 5.74) is 0. The monoisotopic (exact) mass is 136 g/mol. The molecule has 0 aromatic heterocycles. The lowest BCUT2D eigenvalue weighted by Gasteiger charge is -2.35.